The van der Waals surface area contributed by atoms with Crippen LogP contribution >= 0.6 is 15.9 Å². The molecule has 5 heteroatoms. The zero-order valence-corrected chi connectivity index (χ0v) is 13.4. The standard InChI is InChI=1S/C15H20BrN3O/c1-11(17)7-12-3-4-15(14(16)8-12)20-6-5-13-9-18-19(2)10-13/h3-4,8-11H,5-7,17H2,1-2H3. The summed E-state index contributed by atoms with van der Waals surface area (Å²) >= 11 is 3.55. The highest BCUT2D eigenvalue weighted by molar-refractivity contribution is 9.10. The average molecular weight is 338 g/mol. The number of rotatable bonds is 6. The Bertz CT molecular complexity index is 566. The van der Waals surface area contributed by atoms with Crippen LogP contribution < -0.4 is 10.5 Å². The molecule has 0 bridgehead atoms. The summed E-state index contributed by atoms with van der Waals surface area (Å²) in [5.41, 5.74) is 8.20. The monoisotopic (exact) mass is 337 g/mol. The smallest absolute Gasteiger partial charge is 0.133 e. The fraction of sp³-hybridized carbons (Fsp3) is 0.400. The van der Waals surface area contributed by atoms with Crippen molar-refractivity contribution in [3.63, 3.8) is 0 Å². The number of nitrogens with two attached hydrogens (primary N) is 1. The zero-order valence-electron chi connectivity index (χ0n) is 11.8. The molecule has 1 aromatic heterocycles. The fourth-order valence-corrected chi connectivity index (χ4v) is 2.58. The Kier molecular flexibility index (Phi) is 5.20. The minimum atomic E-state index is 0.166. The number of ether oxygens (including phenoxy) is 1. The molecule has 20 heavy (non-hydrogen) atoms. The van der Waals surface area contributed by atoms with Crippen molar-refractivity contribution in [2.75, 3.05) is 6.61 Å². The number of hydrogen-bond donors (Lipinski definition) is 1. The maximum Gasteiger partial charge on any atom is 0.133 e. The Morgan fingerprint density at radius 2 is 2.20 bits per heavy atom. The van der Waals surface area contributed by atoms with E-state index in [1.807, 2.05) is 32.4 Å². The second kappa shape index (κ2) is 6.90. The number of nitrogens with zero attached hydrogens (tertiary/aromatic N) is 2. The molecule has 0 spiro atoms. The van der Waals surface area contributed by atoms with Crippen LogP contribution in [0, 0.1) is 0 Å². The van der Waals surface area contributed by atoms with Crippen molar-refractivity contribution in [2.24, 2.45) is 12.8 Å². The van der Waals surface area contributed by atoms with Crippen molar-refractivity contribution in [1.82, 2.24) is 9.78 Å². The number of hydrogen-bond acceptors (Lipinski definition) is 3. The van der Waals surface area contributed by atoms with E-state index in [9.17, 15) is 0 Å². The summed E-state index contributed by atoms with van der Waals surface area (Å²) in [6.07, 6.45) is 5.59. The van der Waals surface area contributed by atoms with Crippen LogP contribution in [-0.4, -0.2) is 22.4 Å². The molecule has 0 fully saturated rings. The number of halogens is 1. The van der Waals surface area contributed by atoms with Crippen LogP contribution in [0.3, 0.4) is 0 Å². The second-order valence-electron chi connectivity index (χ2n) is 5.07. The molecule has 0 radical (unpaired) electrons. The van der Waals surface area contributed by atoms with Gasteiger partial charge in [-0.15, -0.1) is 0 Å². The van der Waals surface area contributed by atoms with Gasteiger partial charge in [-0.05, 0) is 52.5 Å². The molecule has 1 unspecified atom stereocenters. The van der Waals surface area contributed by atoms with Gasteiger partial charge in [-0.2, -0.15) is 5.10 Å². The van der Waals surface area contributed by atoms with E-state index in [-0.39, 0.29) is 6.04 Å². The van der Waals surface area contributed by atoms with Crippen LogP contribution in [-0.2, 0) is 19.9 Å². The van der Waals surface area contributed by atoms with Crippen molar-refractivity contribution in [3.8, 4) is 5.75 Å². The predicted molar refractivity (Wildman–Crippen MR) is 83.9 cm³/mol. The van der Waals surface area contributed by atoms with Crippen LogP contribution in [0.5, 0.6) is 5.75 Å². The van der Waals surface area contributed by atoms with E-state index in [0.29, 0.717) is 6.61 Å². The molecule has 0 aliphatic heterocycles. The van der Waals surface area contributed by atoms with Crippen LogP contribution in [0.1, 0.15) is 18.1 Å². The van der Waals surface area contributed by atoms with Crippen molar-refractivity contribution < 1.29 is 4.74 Å². The lowest BCUT2D eigenvalue weighted by Crippen LogP contribution is -2.17. The molecule has 1 aromatic carbocycles. The summed E-state index contributed by atoms with van der Waals surface area (Å²) in [4.78, 5) is 0. The van der Waals surface area contributed by atoms with E-state index in [0.717, 1.165) is 23.1 Å². The van der Waals surface area contributed by atoms with E-state index >= 15 is 0 Å². The summed E-state index contributed by atoms with van der Waals surface area (Å²) in [5.74, 6) is 0.863. The Hall–Kier alpha value is -1.33. The van der Waals surface area contributed by atoms with Crippen LogP contribution in [0.2, 0.25) is 0 Å². The highest BCUT2D eigenvalue weighted by Gasteiger charge is 2.05. The normalized spacial score (nSPS) is 12.4. The van der Waals surface area contributed by atoms with Crippen molar-refractivity contribution in [1.29, 1.82) is 0 Å². The summed E-state index contributed by atoms with van der Waals surface area (Å²) in [7, 11) is 1.91. The average Bonchev–Trinajstić information content (AvgIpc) is 2.77. The highest BCUT2D eigenvalue weighted by atomic mass is 79.9. The molecule has 2 N–H and O–H groups in total. The maximum absolute atomic E-state index is 5.80. The Labute approximate surface area is 128 Å². The molecule has 2 aromatic rings. The Morgan fingerprint density at radius 3 is 2.80 bits per heavy atom. The molecule has 0 amide bonds. The fourth-order valence-electron chi connectivity index (χ4n) is 2.04. The predicted octanol–water partition coefficient (Wildman–Crippen LogP) is 2.69. The number of aryl methyl sites for hydroxylation is 1. The Morgan fingerprint density at radius 1 is 1.40 bits per heavy atom. The van der Waals surface area contributed by atoms with Gasteiger partial charge in [0.05, 0.1) is 17.3 Å². The molecule has 2 rings (SSSR count). The third-order valence-electron chi connectivity index (χ3n) is 2.96. The SMILES string of the molecule is CC(N)Cc1ccc(OCCc2cnn(C)c2)c(Br)c1. The third-order valence-corrected chi connectivity index (χ3v) is 3.58. The summed E-state index contributed by atoms with van der Waals surface area (Å²) in [6, 6.07) is 6.29. The van der Waals surface area contributed by atoms with Crippen LogP contribution in [0.15, 0.2) is 35.1 Å². The molecule has 1 atom stereocenters. The molecule has 4 nitrogen and oxygen atoms in total. The number of benzene rings is 1. The van der Waals surface area contributed by atoms with Gasteiger partial charge in [0.25, 0.3) is 0 Å². The molecule has 0 saturated heterocycles. The van der Waals surface area contributed by atoms with Gasteiger partial charge in [-0.3, -0.25) is 4.68 Å². The molecular weight excluding hydrogens is 318 g/mol. The van der Waals surface area contributed by atoms with E-state index < -0.39 is 0 Å². The van der Waals surface area contributed by atoms with Gasteiger partial charge in [-0.1, -0.05) is 6.07 Å². The van der Waals surface area contributed by atoms with Crippen LogP contribution in [0.4, 0.5) is 0 Å². The first-order chi connectivity index (χ1) is 9.54. The van der Waals surface area contributed by atoms with E-state index in [1.165, 1.54) is 11.1 Å². The van der Waals surface area contributed by atoms with Gasteiger partial charge in [-0.25, -0.2) is 0 Å². The lowest BCUT2D eigenvalue weighted by molar-refractivity contribution is 0.320. The lowest BCUT2D eigenvalue weighted by Gasteiger charge is -2.10. The molecule has 1 heterocycles. The molecule has 0 aliphatic carbocycles. The van der Waals surface area contributed by atoms with E-state index in [1.54, 1.807) is 4.68 Å². The quantitative estimate of drug-likeness (QED) is 0.881. The maximum atomic E-state index is 5.80. The van der Waals surface area contributed by atoms with Gasteiger partial charge in [0.1, 0.15) is 5.75 Å². The Balaban J connectivity index is 1.89. The highest BCUT2D eigenvalue weighted by Crippen LogP contribution is 2.26. The molecule has 108 valence electrons. The zero-order chi connectivity index (χ0) is 14.5. The van der Waals surface area contributed by atoms with Gasteiger partial charge in [0, 0.05) is 25.7 Å². The third kappa shape index (κ3) is 4.35. The molecule has 0 aliphatic rings. The minimum Gasteiger partial charge on any atom is -0.492 e. The van der Waals surface area contributed by atoms with Gasteiger partial charge in [0.15, 0.2) is 0 Å². The first-order valence-electron chi connectivity index (χ1n) is 6.69. The van der Waals surface area contributed by atoms with Crippen LogP contribution in [0.25, 0.3) is 0 Å². The van der Waals surface area contributed by atoms with E-state index in [4.69, 9.17) is 10.5 Å². The minimum absolute atomic E-state index is 0.166. The summed E-state index contributed by atoms with van der Waals surface area (Å²) in [6.45, 7) is 2.64. The van der Waals surface area contributed by atoms with Crippen molar-refractivity contribution >= 4 is 15.9 Å². The topological polar surface area (TPSA) is 53.1 Å². The first-order valence-corrected chi connectivity index (χ1v) is 7.48. The molecule has 0 saturated carbocycles. The van der Waals surface area contributed by atoms with Crippen molar-refractivity contribution in [2.45, 2.75) is 25.8 Å². The van der Waals surface area contributed by atoms with Gasteiger partial charge >= 0.3 is 0 Å². The largest absolute Gasteiger partial charge is 0.492 e. The summed E-state index contributed by atoms with van der Waals surface area (Å²) < 4.78 is 8.57. The molecular formula is C15H20BrN3O. The van der Waals surface area contributed by atoms with Gasteiger partial charge in [0.2, 0.25) is 0 Å². The first kappa shape index (κ1) is 15.1. The lowest BCUT2D eigenvalue weighted by atomic mass is 10.1. The number of aromatic nitrogens is 2. The van der Waals surface area contributed by atoms with E-state index in [2.05, 4.69) is 33.2 Å². The summed E-state index contributed by atoms with van der Waals surface area (Å²) in [5, 5.41) is 4.14. The van der Waals surface area contributed by atoms with Gasteiger partial charge < -0.3 is 10.5 Å². The second-order valence-corrected chi connectivity index (χ2v) is 5.92. The van der Waals surface area contributed by atoms with Crippen molar-refractivity contribution in [3.05, 3.63) is 46.2 Å².